The molecule has 1 aromatic carbocycles. The maximum Gasteiger partial charge on any atom is 0.254 e. The second-order valence-electron chi connectivity index (χ2n) is 5.48. The topological polar surface area (TPSA) is 136 Å². The van der Waals surface area contributed by atoms with Crippen LogP contribution in [0.15, 0.2) is 28.4 Å². The molecule has 1 unspecified atom stereocenters. The molecule has 0 radical (unpaired) electrons. The molecular formula is C15H19N7O3. The number of carbonyl (C=O) groups is 1. The third-order valence-corrected chi connectivity index (χ3v) is 3.83. The average Bonchev–Trinajstić information content (AvgIpc) is 2.85. The van der Waals surface area contributed by atoms with Gasteiger partial charge >= 0.3 is 0 Å². The lowest BCUT2D eigenvalue weighted by atomic mass is 10.1. The van der Waals surface area contributed by atoms with Crippen LogP contribution in [0.1, 0.15) is 22.3 Å². The first-order chi connectivity index (χ1) is 12.2. The zero-order chi connectivity index (χ0) is 18.1. The monoisotopic (exact) mass is 345 g/mol. The number of hydrogen-bond acceptors (Lipinski definition) is 5. The quantitative estimate of drug-likeness (QED) is 0.444. The largest absolute Gasteiger partial charge is 0.383 e. The molecule has 1 atom stereocenters. The van der Waals surface area contributed by atoms with Gasteiger partial charge in [-0.15, -0.1) is 0 Å². The Balaban J connectivity index is 2.35. The zero-order valence-electron chi connectivity index (χ0n) is 13.9. The summed E-state index contributed by atoms with van der Waals surface area (Å²) in [7, 11) is 1.59. The molecule has 1 aromatic rings. The summed E-state index contributed by atoms with van der Waals surface area (Å²) >= 11 is 0. The fourth-order valence-corrected chi connectivity index (χ4v) is 2.73. The number of azide groups is 2. The minimum Gasteiger partial charge on any atom is -0.383 e. The third-order valence-electron chi connectivity index (χ3n) is 3.83. The van der Waals surface area contributed by atoms with Crippen molar-refractivity contribution in [3.63, 3.8) is 0 Å². The summed E-state index contributed by atoms with van der Waals surface area (Å²) in [6.45, 7) is 1.95. The van der Waals surface area contributed by atoms with Gasteiger partial charge in [0, 0.05) is 41.3 Å². The Morgan fingerprint density at radius 2 is 2.20 bits per heavy atom. The molecule has 0 saturated carbocycles. The van der Waals surface area contributed by atoms with E-state index >= 15 is 0 Å². The Bertz CT molecular complexity index is 711. The minimum absolute atomic E-state index is 0.0657. The number of rotatable bonds is 6. The molecule has 0 spiro atoms. The van der Waals surface area contributed by atoms with Crippen molar-refractivity contribution in [1.82, 2.24) is 4.90 Å². The second-order valence-corrected chi connectivity index (χ2v) is 5.48. The van der Waals surface area contributed by atoms with Crippen molar-refractivity contribution in [2.45, 2.75) is 19.0 Å². The highest BCUT2D eigenvalue weighted by molar-refractivity contribution is 5.95. The van der Waals surface area contributed by atoms with E-state index in [2.05, 4.69) is 20.1 Å². The highest BCUT2D eigenvalue weighted by Gasteiger charge is 2.27. The van der Waals surface area contributed by atoms with E-state index in [0.29, 0.717) is 49.6 Å². The van der Waals surface area contributed by atoms with E-state index in [-0.39, 0.29) is 18.5 Å². The van der Waals surface area contributed by atoms with Crippen LogP contribution in [0.4, 0.5) is 5.69 Å². The van der Waals surface area contributed by atoms with Crippen LogP contribution in [0.25, 0.3) is 20.9 Å². The van der Waals surface area contributed by atoms with Crippen LogP contribution < -0.4 is 0 Å². The number of hydrogen-bond donors (Lipinski definition) is 0. The molecule has 1 fully saturated rings. The van der Waals surface area contributed by atoms with E-state index in [1.807, 2.05) is 0 Å². The van der Waals surface area contributed by atoms with Crippen LogP contribution in [0, 0.1) is 0 Å². The van der Waals surface area contributed by atoms with Gasteiger partial charge < -0.3 is 14.4 Å². The minimum atomic E-state index is -0.204. The standard InChI is InChI=1S/C15H19N7O3/c1-24-10-14-2-4-25-5-3-22(14)15(23)12-6-11(9-18-20-16)7-13(8-12)19-21-17/h6-8,14H,2-5,9-10H2,1H3. The maximum atomic E-state index is 13.0. The summed E-state index contributed by atoms with van der Waals surface area (Å²) < 4.78 is 10.7. The number of carbonyl (C=O) groups excluding carboxylic acids is 1. The van der Waals surface area contributed by atoms with Crippen LogP contribution in [-0.2, 0) is 16.0 Å². The van der Waals surface area contributed by atoms with Gasteiger partial charge in [-0.3, -0.25) is 4.79 Å². The lowest BCUT2D eigenvalue weighted by Crippen LogP contribution is -2.43. The van der Waals surface area contributed by atoms with E-state index in [1.54, 1.807) is 24.1 Å². The molecule has 132 valence electrons. The number of nitrogens with zero attached hydrogens (tertiary/aromatic N) is 7. The molecule has 0 aliphatic carbocycles. The first-order valence-corrected chi connectivity index (χ1v) is 7.77. The normalized spacial score (nSPS) is 17.2. The summed E-state index contributed by atoms with van der Waals surface area (Å²) in [5.41, 5.74) is 18.4. The maximum absolute atomic E-state index is 13.0. The molecule has 25 heavy (non-hydrogen) atoms. The van der Waals surface area contributed by atoms with E-state index < -0.39 is 0 Å². The van der Waals surface area contributed by atoms with Crippen molar-refractivity contribution in [2.75, 3.05) is 33.5 Å². The van der Waals surface area contributed by atoms with E-state index in [4.69, 9.17) is 20.5 Å². The van der Waals surface area contributed by atoms with E-state index in [0.717, 1.165) is 0 Å². The van der Waals surface area contributed by atoms with Crippen molar-refractivity contribution < 1.29 is 14.3 Å². The molecule has 10 nitrogen and oxygen atoms in total. The average molecular weight is 345 g/mol. The van der Waals surface area contributed by atoms with Crippen LogP contribution in [0.5, 0.6) is 0 Å². The lowest BCUT2D eigenvalue weighted by Gasteiger charge is -2.29. The second kappa shape index (κ2) is 9.51. The number of ether oxygens (including phenoxy) is 2. The molecule has 1 saturated heterocycles. The molecule has 2 rings (SSSR count). The van der Waals surface area contributed by atoms with Gasteiger partial charge in [-0.25, -0.2) is 0 Å². The molecule has 1 amide bonds. The highest BCUT2D eigenvalue weighted by Crippen LogP contribution is 2.22. The third kappa shape index (κ3) is 5.10. The summed E-state index contributed by atoms with van der Waals surface area (Å²) in [5, 5.41) is 7.06. The Morgan fingerprint density at radius 1 is 1.36 bits per heavy atom. The summed E-state index contributed by atoms with van der Waals surface area (Å²) in [6.07, 6.45) is 0.682. The fourth-order valence-electron chi connectivity index (χ4n) is 2.73. The summed E-state index contributed by atoms with van der Waals surface area (Å²) in [5.74, 6) is -0.204. The number of amides is 1. The van der Waals surface area contributed by atoms with Gasteiger partial charge in [-0.2, -0.15) is 0 Å². The number of methoxy groups -OCH3 is 1. The molecular weight excluding hydrogens is 326 g/mol. The summed E-state index contributed by atoms with van der Waals surface area (Å²) in [4.78, 5) is 20.2. The van der Waals surface area contributed by atoms with Gasteiger partial charge in [-0.1, -0.05) is 10.2 Å². The molecule has 1 aliphatic heterocycles. The zero-order valence-corrected chi connectivity index (χ0v) is 13.9. The van der Waals surface area contributed by atoms with Crippen LogP contribution >= 0.6 is 0 Å². The predicted octanol–water partition coefficient (Wildman–Crippen LogP) is 3.32. The van der Waals surface area contributed by atoms with Gasteiger partial charge in [0.25, 0.3) is 5.91 Å². The van der Waals surface area contributed by atoms with Gasteiger partial charge in [0.1, 0.15) is 0 Å². The summed E-state index contributed by atoms with van der Waals surface area (Å²) in [6, 6.07) is 4.66. The molecule has 1 heterocycles. The van der Waals surface area contributed by atoms with Crippen molar-refractivity contribution in [1.29, 1.82) is 0 Å². The lowest BCUT2D eigenvalue weighted by molar-refractivity contribution is 0.0545. The Morgan fingerprint density at radius 3 is 2.92 bits per heavy atom. The molecule has 10 heteroatoms. The number of benzene rings is 1. The predicted molar refractivity (Wildman–Crippen MR) is 90.2 cm³/mol. The Kier molecular flexibility index (Phi) is 7.06. The molecule has 0 aromatic heterocycles. The molecule has 0 N–H and O–H groups in total. The molecule has 1 aliphatic rings. The van der Waals surface area contributed by atoms with Gasteiger partial charge in [0.2, 0.25) is 0 Å². The Hall–Kier alpha value is -2.77. The SMILES string of the molecule is COCC1CCOCCN1C(=O)c1cc(CN=[N+]=[N-])cc(N=[N+]=[N-])c1. The van der Waals surface area contributed by atoms with Crippen molar-refractivity contribution in [3.05, 3.63) is 50.2 Å². The van der Waals surface area contributed by atoms with E-state index in [1.165, 1.54) is 6.07 Å². The van der Waals surface area contributed by atoms with Crippen LogP contribution in [0.2, 0.25) is 0 Å². The van der Waals surface area contributed by atoms with Crippen LogP contribution in [-0.4, -0.2) is 50.3 Å². The fraction of sp³-hybridized carbons (Fsp3) is 0.533. The van der Waals surface area contributed by atoms with Gasteiger partial charge in [0.15, 0.2) is 0 Å². The highest BCUT2D eigenvalue weighted by atomic mass is 16.5. The van der Waals surface area contributed by atoms with Crippen molar-refractivity contribution >= 4 is 11.6 Å². The van der Waals surface area contributed by atoms with Crippen molar-refractivity contribution in [3.8, 4) is 0 Å². The molecule has 0 bridgehead atoms. The first kappa shape index (κ1) is 18.6. The van der Waals surface area contributed by atoms with Gasteiger partial charge in [0.05, 0.1) is 25.8 Å². The van der Waals surface area contributed by atoms with Gasteiger partial charge in [-0.05, 0) is 41.2 Å². The van der Waals surface area contributed by atoms with Crippen molar-refractivity contribution in [2.24, 2.45) is 10.2 Å². The smallest absolute Gasteiger partial charge is 0.254 e. The van der Waals surface area contributed by atoms with E-state index in [9.17, 15) is 4.79 Å². The first-order valence-electron chi connectivity index (χ1n) is 7.77. The Labute approximate surface area is 144 Å². The van der Waals surface area contributed by atoms with Crippen LogP contribution in [0.3, 0.4) is 0 Å².